The van der Waals surface area contributed by atoms with Gasteiger partial charge in [-0.2, -0.15) is 0 Å². The van der Waals surface area contributed by atoms with Gasteiger partial charge in [-0.25, -0.2) is 4.98 Å². The van der Waals surface area contributed by atoms with Gasteiger partial charge in [0.1, 0.15) is 5.01 Å². The molecule has 2 rings (SSSR count). The van der Waals surface area contributed by atoms with Gasteiger partial charge in [0, 0.05) is 10.9 Å². The average molecular weight is 320 g/mol. The Bertz CT molecular complexity index is 625. The third-order valence-electron chi connectivity index (χ3n) is 3.49. The molecule has 2 aromatic rings. The molecule has 0 spiro atoms. The molecule has 1 atom stereocenters. The fourth-order valence-electron chi connectivity index (χ4n) is 2.21. The topological polar surface area (TPSA) is 43.4 Å². The van der Waals surface area contributed by atoms with Gasteiger partial charge in [-0.3, -0.25) is 0 Å². The lowest BCUT2D eigenvalue weighted by Gasteiger charge is -2.14. The Morgan fingerprint density at radius 1 is 1.18 bits per heavy atom. The van der Waals surface area contributed by atoms with Crippen LogP contribution in [0.25, 0.3) is 11.3 Å². The second-order valence-corrected chi connectivity index (χ2v) is 5.95. The van der Waals surface area contributed by atoms with Gasteiger partial charge in [0.15, 0.2) is 11.5 Å². The van der Waals surface area contributed by atoms with Crippen LogP contribution in [0.5, 0.6) is 11.5 Å². The molecule has 0 saturated heterocycles. The minimum absolute atomic E-state index is 0.258. The van der Waals surface area contributed by atoms with Crippen LogP contribution in [0.1, 0.15) is 37.4 Å². The predicted octanol–water partition coefficient (Wildman–Crippen LogP) is 4.20. The molecule has 120 valence electrons. The smallest absolute Gasteiger partial charge is 0.161 e. The van der Waals surface area contributed by atoms with Crippen LogP contribution in [-0.2, 0) is 0 Å². The summed E-state index contributed by atoms with van der Waals surface area (Å²) in [5.41, 5.74) is 3.22. The molecule has 1 aromatic heterocycles. The molecule has 1 unspecified atom stereocenters. The Morgan fingerprint density at radius 3 is 2.41 bits per heavy atom. The molecule has 1 heterocycles. The first-order chi connectivity index (χ1) is 10.6. The summed E-state index contributed by atoms with van der Waals surface area (Å²) in [6.45, 7) is 9.38. The monoisotopic (exact) mass is 320 g/mol. The summed E-state index contributed by atoms with van der Waals surface area (Å²) in [6.07, 6.45) is 0. The van der Waals surface area contributed by atoms with Gasteiger partial charge < -0.3 is 14.8 Å². The summed E-state index contributed by atoms with van der Waals surface area (Å²) < 4.78 is 11.4. The number of nitrogens with one attached hydrogen (secondary N) is 1. The second-order valence-electron chi connectivity index (χ2n) is 5.06. The quantitative estimate of drug-likeness (QED) is 0.830. The summed E-state index contributed by atoms with van der Waals surface area (Å²) in [5.74, 6) is 1.57. The molecule has 5 heteroatoms. The molecule has 0 aliphatic carbocycles. The van der Waals surface area contributed by atoms with E-state index in [-0.39, 0.29) is 6.04 Å². The van der Waals surface area contributed by atoms with E-state index in [1.165, 1.54) is 0 Å². The Morgan fingerprint density at radius 2 is 1.82 bits per heavy atom. The van der Waals surface area contributed by atoms with E-state index in [0.717, 1.165) is 33.3 Å². The van der Waals surface area contributed by atoms with Crippen LogP contribution < -0.4 is 14.8 Å². The number of hydrogen-bond donors (Lipinski definition) is 1. The van der Waals surface area contributed by atoms with Crippen LogP contribution in [0.15, 0.2) is 17.5 Å². The summed E-state index contributed by atoms with van der Waals surface area (Å²) in [5, 5.41) is 6.41. The van der Waals surface area contributed by atoms with Crippen LogP contribution in [0.4, 0.5) is 0 Å². The molecule has 0 fully saturated rings. The standard InChI is InChI=1S/C17H24N2O2S/c1-6-20-15-8-11(3)13(9-16(15)21-7-2)14-10-22-17(19-14)12(4)18-5/h8-10,12,18H,6-7H2,1-5H3. The van der Waals surface area contributed by atoms with Gasteiger partial charge in [-0.1, -0.05) is 0 Å². The first kappa shape index (κ1) is 16.8. The van der Waals surface area contributed by atoms with Gasteiger partial charge in [-0.15, -0.1) is 11.3 Å². The van der Waals surface area contributed by atoms with Gasteiger partial charge in [0.2, 0.25) is 0 Å². The molecule has 0 radical (unpaired) electrons. The number of nitrogens with zero attached hydrogens (tertiary/aromatic N) is 1. The number of aryl methyl sites for hydroxylation is 1. The largest absolute Gasteiger partial charge is 0.490 e. The maximum atomic E-state index is 5.72. The van der Waals surface area contributed by atoms with Crippen LogP contribution in [-0.4, -0.2) is 25.2 Å². The van der Waals surface area contributed by atoms with Crippen molar-refractivity contribution in [1.82, 2.24) is 10.3 Å². The van der Waals surface area contributed by atoms with E-state index in [4.69, 9.17) is 14.5 Å². The van der Waals surface area contributed by atoms with Crippen molar-refractivity contribution in [3.63, 3.8) is 0 Å². The first-order valence-electron chi connectivity index (χ1n) is 7.63. The predicted molar refractivity (Wildman–Crippen MR) is 92.1 cm³/mol. The van der Waals surface area contributed by atoms with E-state index in [1.54, 1.807) is 11.3 Å². The lowest BCUT2D eigenvalue weighted by Crippen LogP contribution is -2.11. The number of ether oxygens (including phenoxy) is 2. The van der Waals surface area contributed by atoms with Crippen molar-refractivity contribution in [3.8, 4) is 22.8 Å². The van der Waals surface area contributed by atoms with Crippen molar-refractivity contribution < 1.29 is 9.47 Å². The average Bonchev–Trinajstić information content (AvgIpc) is 2.99. The van der Waals surface area contributed by atoms with E-state index in [1.807, 2.05) is 33.0 Å². The molecule has 22 heavy (non-hydrogen) atoms. The molecule has 0 aliphatic heterocycles. The van der Waals surface area contributed by atoms with E-state index < -0.39 is 0 Å². The molecule has 0 aliphatic rings. The molecule has 0 bridgehead atoms. The third kappa shape index (κ3) is 3.59. The highest BCUT2D eigenvalue weighted by atomic mass is 32.1. The molecular weight excluding hydrogens is 296 g/mol. The molecule has 4 nitrogen and oxygen atoms in total. The van der Waals surface area contributed by atoms with Crippen molar-refractivity contribution in [2.45, 2.75) is 33.7 Å². The third-order valence-corrected chi connectivity index (χ3v) is 4.52. The minimum atomic E-state index is 0.258. The van der Waals surface area contributed by atoms with Gasteiger partial charge in [0.25, 0.3) is 0 Å². The number of rotatable bonds is 7. The molecular formula is C17H24N2O2S. The highest BCUT2D eigenvalue weighted by molar-refractivity contribution is 7.10. The van der Waals surface area contributed by atoms with Crippen molar-refractivity contribution >= 4 is 11.3 Å². The normalized spacial score (nSPS) is 12.2. The molecule has 0 saturated carbocycles. The highest BCUT2D eigenvalue weighted by Crippen LogP contribution is 2.36. The van der Waals surface area contributed by atoms with E-state index in [9.17, 15) is 0 Å². The summed E-state index contributed by atoms with van der Waals surface area (Å²) in [7, 11) is 1.95. The number of hydrogen-bond acceptors (Lipinski definition) is 5. The number of benzene rings is 1. The van der Waals surface area contributed by atoms with Gasteiger partial charge in [-0.05, 0) is 52.4 Å². The summed E-state index contributed by atoms with van der Waals surface area (Å²) >= 11 is 1.67. The van der Waals surface area contributed by atoms with Crippen molar-refractivity contribution in [1.29, 1.82) is 0 Å². The lowest BCUT2D eigenvalue weighted by atomic mass is 10.1. The molecule has 0 amide bonds. The zero-order chi connectivity index (χ0) is 16.1. The first-order valence-corrected chi connectivity index (χ1v) is 8.51. The number of thiazole rings is 1. The fourth-order valence-corrected chi connectivity index (χ4v) is 3.09. The van der Waals surface area contributed by atoms with Crippen LogP contribution in [0.2, 0.25) is 0 Å². The maximum Gasteiger partial charge on any atom is 0.161 e. The zero-order valence-corrected chi connectivity index (χ0v) is 14.7. The van der Waals surface area contributed by atoms with E-state index in [2.05, 4.69) is 24.5 Å². The number of aromatic nitrogens is 1. The minimum Gasteiger partial charge on any atom is -0.490 e. The van der Waals surface area contributed by atoms with E-state index >= 15 is 0 Å². The van der Waals surface area contributed by atoms with Gasteiger partial charge >= 0.3 is 0 Å². The lowest BCUT2D eigenvalue weighted by molar-refractivity contribution is 0.287. The summed E-state index contributed by atoms with van der Waals surface area (Å²) in [6, 6.07) is 4.32. The van der Waals surface area contributed by atoms with Crippen LogP contribution in [0, 0.1) is 6.92 Å². The zero-order valence-electron chi connectivity index (χ0n) is 13.9. The van der Waals surface area contributed by atoms with Gasteiger partial charge in [0.05, 0.1) is 24.9 Å². The van der Waals surface area contributed by atoms with Crippen molar-refractivity contribution in [3.05, 3.63) is 28.1 Å². The Labute approximate surface area is 136 Å². The van der Waals surface area contributed by atoms with Crippen molar-refractivity contribution in [2.24, 2.45) is 0 Å². The summed E-state index contributed by atoms with van der Waals surface area (Å²) in [4.78, 5) is 4.75. The second kappa shape index (κ2) is 7.61. The maximum absolute atomic E-state index is 5.72. The van der Waals surface area contributed by atoms with E-state index in [0.29, 0.717) is 13.2 Å². The van der Waals surface area contributed by atoms with Crippen LogP contribution >= 0.6 is 11.3 Å². The van der Waals surface area contributed by atoms with Crippen LogP contribution in [0.3, 0.4) is 0 Å². The molecule has 1 aromatic carbocycles. The Hall–Kier alpha value is -1.59. The Balaban J connectivity index is 2.41. The SMILES string of the molecule is CCOc1cc(C)c(-c2csc(C(C)NC)n2)cc1OCC. The fraction of sp³-hybridized carbons (Fsp3) is 0.471. The molecule has 1 N–H and O–H groups in total. The Kier molecular flexibility index (Phi) is 5.80. The highest BCUT2D eigenvalue weighted by Gasteiger charge is 2.15. The van der Waals surface area contributed by atoms with Crippen molar-refractivity contribution in [2.75, 3.05) is 20.3 Å².